The van der Waals surface area contributed by atoms with Crippen LogP contribution in [0.2, 0.25) is 0 Å². The molecule has 0 saturated carbocycles. The molecule has 1 atom stereocenters. The van der Waals surface area contributed by atoms with Gasteiger partial charge in [-0.3, -0.25) is 4.79 Å². The molecule has 20 heavy (non-hydrogen) atoms. The third kappa shape index (κ3) is 4.66. The smallest absolute Gasteiger partial charge is 0.337 e. The molecule has 110 valence electrons. The van der Waals surface area contributed by atoms with Crippen LogP contribution < -0.4 is 11.1 Å². The first-order valence-electron chi connectivity index (χ1n) is 6.66. The summed E-state index contributed by atoms with van der Waals surface area (Å²) in [6.07, 6.45) is 1.17. The summed E-state index contributed by atoms with van der Waals surface area (Å²) in [7, 11) is 1.33. The van der Waals surface area contributed by atoms with Crippen LogP contribution in [0, 0.1) is 12.8 Å². The zero-order chi connectivity index (χ0) is 15.1. The summed E-state index contributed by atoms with van der Waals surface area (Å²) in [5.74, 6) is -0.170. The van der Waals surface area contributed by atoms with Crippen LogP contribution in [-0.2, 0) is 9.53 Å². The number of nitrogens with one attached hydrogen (secondary N) is 1. The SMILES string of the molecule is COC(=O)c1ccc(C)c(NC(=O)CCC(C)CN)c1. The molecule has 3 N–H and O–H groups in total. The van der Waals surface area contributed by atoms with E-state index < -0.39 is 5.97 Å². The standard InChI is InChI=1S/C15H22N2O3/c1-10(9-16)4-7-14(18)17-13-8-12(15(19)20-3)6-5-11(13)2/h5-6,8,10H,4,7,9,16H2,1-3H3,(H,17,18). The second kappa shape index (κ2) is 7.65. The number of carbonyl (C=O) groups is 2. The topological polar surface area (TPSA) is 81.4 Å². The second-order valence-corrected chi connectivity index (χ2v) is 4.95. The van der Waals surface area contributed by atoms with Crippen LogP contribution in [0.3, 0.4) is 0 Å². The number of nitrogens with two attached hydrogens (primary N) is 1. The van der Waals surface area contributed by atoms with E-state index in [9.17, 15) is 9.59 Å². The Kier molecular flexibility index (Phi) is 6.18. The second-order valence-electron chi connectivity index (χ2n) is 4.95. The van der Waals surface area contributed by atoms with Gasteiger partial charge in [-0.2, -0.15) is 0 Å². The van der Waals surface area contributed by atoms with Gasteiger partial charge < -0.3 is 15.8 Å². The minimum Gasteiger partial charge on any atom is -0.465 e. The van der Waals surface area contributed by atoms with Crippen LogP contribution in [-0.4, -0.2) is 25.5 Å². The van der Waals surface area contributed by atoms with E-state index in [1.54, 1.807) is 18.2 Å². The van der Waals surface area contributed by atoms with E-state index in [0.29, 0.717) is 30.1 Å². The molecule has 1 unspecified atom stereocenters. The fourth-order valence-corrected chi connectivity index (χ4v) is 1.71. The number of ether oxygens (including phenoxy) is 1. The van der Waals surface area contributed by atoms with Gasteiger partial charge in [0.2, 0.25) is 5.91 Å². The third-order valence-electron chi connectivity index (χ3n) is 3.20. The Balaban J connectivity index is 2.71. The van der Waals surface area contributed by atoms with Crippen LogP contribution in [0.25, 0.3) is 0 Å². The summed E-state index contributed by atoms with van der Waals surface area (Å²) in [6, 6.07) is 5.09. The fraction of sp³-hybridized carbons (Fsp3) is 0.467. The molecule has 0 radical (unpaired) electrons. The van der Waals surface area contributed by atoms with Gasteiger partial charge >= 0.3 is 5.97 Å². The summed E-state index contributed by atoms with van der Waals surface area (Å²) in [4.78, 5) is 23.3. The van der Waals surface area contributed by atoms with Crippen molar-refractivity contribution in [1.29, 1.82) is 0 Å². The number of methoxy groups -OCH3 is 1. The Hall–Kier alpha value is -1.88. The lowest BCUT2D eigenvalue weighted by atomic mass is 10.1. The van der Waals surface area contributed by atoms with Crippen molar-refractivity contribution in [3.8, 4) is 0 Å². The molecule has 1 aromatic carbocycles. The minimum atomic E-state index is -0.419. The first-order chi connectivity index (χ1) is 9.47. The molecule has 0 bridgehead atoms. The Morgan fingerprint density at radius 2 is 2.10 bits per heavy atom. The Morgan fingerprint density at radius 1 is 1.40 bits per heavy atom. The van der Waals surface area contributed by atoms with E-state index in [2.05, 4.69) is 10.1 Å². The maximum Gasteiger partial charge on any atom is 0.337 e. The van der Waals surface area contributed by atoms with Gasteiger partial charge in [-0.05, 0) is 43.5 Å². The molecule has 1 amide bonds. The summed E-state index contributed by atoms with van der Waals surface area (Å²) in [5.41, 5.74) is 7.48. The van der Waals surface area contributed by atoms with Gasteiger partial charge in [0, 0.05) is 12.1 Å². The van der Waals surface area contributed by atoms with Crippen molar-refractivity contribution in [3.05, 3.63) is 29.3 Å². The lowest BCUT2D eigenvalue weighted by Crippen LogP contribution is -2.17. The van der Waals surface area contributed by atoms with E-state index in [4.69, 9.17) is 5.73 Å². The number of carbonyl (C=O) groups excluding carboxylic acids is 2. The molecule has 0 aliphatic rings. The highest BCUT2D eigenvalue weighted by Gasteiger charge is 2.11. The van der Waals surface area contributed by atoms with Crippen molar-refractivity contribution in [2.24, 2.45) is 11.7 Å². The first kappa shape index (κ1) is 16.2. The van der Waals surface area contributed by atoms with E-state index in [1.165, 1.54) is 7.11 Å². The normalized spacial score (nSPS) is 11.8. The molecule has 5 nitrogen and oxygen atoms in total. The van der Waals surface area contributed by atoms with Crippen LogP contribution >= 0.6 is 0 Å². The van der Waals surface area contributed by atoms with Gasteiger partial charge in [0.15, 0.2) is 0 Å². The van der Waals surface area contributed by atoms with Crippen molar-refractivity contribution in [2.45, 2.75) is 26.7 Å². The Bertz CT molecular complexity index is 486. The molecule has 1 aromatic rings. The van der Waals surface area contributed by atoms with Gasteiger partial charge in [-0.25, -0.2) is 4.79 Å². The zero-order valence-electron chi connectivity index (χ0n) is 12.2. The Labute approximate surface area is 119 Å². The number of rotatable bonds is 6. The van der Waals surface area contributed by atoms with Gasteiger partial charge in [-0.15, -0.1) is 0 Å². The van der Waals surface area contributed by atoms with E-state index in [-0.39, 0.29) is 5.91 Å². The van der Waals surface area contributed by atoms with Crippen molar-refractivity contribution in [3.63, 3.8) is 0 Å². The average molecular weight is 278 g/mol. The zero-order valence-corrected chi connectivity index (χ0v) is 12.2. The highest BCUT2D eigenvalue weighted by atomic mass is 16.5. The maximum atomic E-state index is 11.9. The predicted octanol–water partition coefficient (Wildman–Crippen LogP) is 2.10. The van der Waals surface area contributed by atoms with E-state index in [1.807, 2.05) is 13.8 Å². The van der Waals surface area contributed by atoms with Crippen LogP contribution in [0.1, 0.15) is 35.7 Å². The van der Waals surface area contributed by atoms with Gasteiger partial charge in [0.1, 0.15) is 0 Å². The van der Waals surface area contributed by atoms with Crippen LogP contribution in [0.4, 0.5) is 5.69 Å². The van der Waals surface area contributed by atoms with E-state index in [0.717, 1.165) is 12.0 Å². The van der Waals surface area contributed by atoms with Gasteiger partial charge in [0.05, 0.1) is 12.7 Å². The number of benzene rings is 1. The molecule has 5 heteroatoms. The van der Waals surface area contributed by atoms with Crippen molar-refractivity contribution in [2.75, 3.05) is 19.0 Å². The number of amides is 1. The molecule has 0 aliphatic carbocycles. The van der Waals surface area contributed by atoms with Crippen LogP contribution in [0.5, 0.6) is 0 Å². The molecule has 0 spiro atoms. The summed E-state index contributed by atoms with van der Waals surface area (Å²) in [6.45, 7) is 4.46. The van der Waals surface area contributed by atoms with Gasteiger partial charge in [0.25, 0.3) is 0 Å². The molecular weight excluding hydrogens is 256 g/mol. The number of anilines is 1. The third-order valence-corrected chi connectivity index (χ3v) is 3.20. The number of hydrogen-bond acceptors (Lipinski definition) is 4. The predicted molar refractivity (Wildman–Crippen MR) is 78.6 cm³/mol. The minimum absolute atomic E-state index is 0.0737. The molecule has 0 fully saturated rings. The first-order valence-corrected chi connectivity index (χ1v) is 6.66. The highest BCUT2D eigenvalue weighted by molar-refractivity contribution is 5.95. The highest BCUT2D eigenvalue weighted by Crippen LogP contribution is 2.18. The summed E-state index contributed by atoms with van der Waals surface area (Å²) in [5, 5.41) is 2.82. The molecule has 0 aliphatic heterocycles. The van der Waals surface area contributed by atoms with Crippen molar-refractivity contribution in [1.82, 2.24) is 0 Å². The monoisotopic (exact) mass is 278 g/mol. The molecule has 0 heterocycles. The summed E-state index contributed by atoms with van der Waals surface area (Å²) < 4.78 is 4.66. The molecule has 0 aromatic heterocycles. The quantitative estimate of drug-likeness (QED) is 0.781. The molecular formula is C15H22N2O3. The maximum absolute atomic E-state index is 11.9. The number of esters is 1. The van der Waals surface area contributed by atoms with Crippen molar-refractivity contribution < 1.29 is 14.3 Å². The summed E-state index contributed by atoms with van der Waals surface area (Å²) >= 11 is 0. The van der Waals surface area contributed by atoms with E-state index >= 15 is 0 Å². The number of aryl methyl sites for hydroxylation is 1. The van der Waals surface area contributed by atoms with Crippen molar-refractivity contribution >= 4 is 17.6 Å². The molecule has 0 saturated heterocycles. The Morgan fingerprint density at radius 3 is 2.70 bits per heavy atom. The lowest BCUT2D eigenvalue weighted by molar-refractivity contribution is -0.116. The lowest BCUT2D eigenvalue weighted by Gasteiger charge is -2.11. The fourth-order valence-electron chi connectivity index (χ4n) is 1.71. The van der Waals surface area contributed by atoms with Crippen LogP contribution in [0.15, 0.2) is 18.2 Å². The van der Waals surface area contributed by atoms with Gasteiger partial charge in [-0.1, -0.05) is 13.0 Å². The average Bonchev–Trinajstić information content (AvgIpc) is 2.46. The largest absolute Gasteiger partial charge is 0.465 e. The number of hydrogen-bond donors (Lipinski definition) is 2. The molecule has 1 rings (SSSR count).